The largest absolute Gasteiger partial charge is 0.394 e. The van der Waals surface area contributed by atoms with E-state index in [0.717, 1.165) is 24.3 Å². The molecule has 1 aromatic heterocycles. The van der Waals surface area contributed by atoms with Crippen molar-refractivity contribution in [2.75, 3.05) is 18.5 Å². The van der Waals surface area contributed by atoms with Crippen LogP contribution in [0.15, 0.2) is 17.1 Å². The van der Waals surface area contributed by atoms with Gasteiger partial charge in [0.05, 0.1) is 6.61 Å². The minimum Gasteiger partial charge on any atom is -0.394 e. The predicted octanol–water partition coefficient (Wildman–Crippen LogP) is 0.483. The predicted molar refractivity (Wildman–Crippen MR) is 101 cm³/mol. The Morgan fingerprint density at radius 3 is 2.32 bits per heavy atom. The standard InChI is InChI=1S/C20H29N3O5/c24-9-14-16(25)17(26)18(28-14)23-2-1-15(22-19(23)27)21-10-20-6-11-3-12(7-20)5-13(4-11)8-20/h1-2,11-14,16-18,24-26H,3-10H2,(H,21,22,27)/t11?,12?,13?,14-,16+,17+,18+,20?/m0/s1. The van der Waals surface area contributed by atoms with Gasteiger partial charge in [-0.15, -0.1) is 0 Å². The SMILES string of the molecule is O=c1nc(NCC23CC4CC(CC(C4)C2)C3)ccn1[C@@H]1O[C@@H](CO)[C@@H](O)[C@H]1O. The number of rotatable bonds is 5. The fourth-order valence-electron chi connectivity index (χ4n) is 6.60. The van der Waals surface area contributed by atoms with Crippen molar-refractivity contribution < 1.29 is 20.1 Å². The van der Waals surface area contributed by atoms with Gasteiger partial charge in [0.1, 0.15) is 24.1 Å². The van der Waals surface area contributed by atoms with Crippen LogP contribution in [0.3, 0.4) is 0 Å². The van der Waals surface area contributed by atoms with E-state index in [1.807, 2.05) is 0 Å². The van der Waals surface area contributed by atoms with Gasteiger partial charge in [0.25, 0.3) is 0 Å². The topological polar surface area (TPSA) is 117 Å². The van der Waals surface area contributed by atoms with Crippen LogP contribution in [0.1, 0.15) is 44.8 Å². The third-order valence-electron chi connectivity index (χ3n) is 7.43. The first-order valence-electron chi connectivity index (χ1n) is 10.4. The smallest absolute Gasteiger partial charge is 0.351 e. The molecule has 1 aliphatic heterocycles. The highest BCUT2D eigenvalue weighted by Crippen LogP contribution is 2.59. The molecule has 6 rings (SSSR count). The molecule has 0 spiro atoms. The number of hydrogen-bond acceptors (Lipinski definition) is 7. The molecule has 8 nitrogen and oxygen atoms in total. The summed E-state index contributed by atoms with van der Waals surface area (Å²) in [5, 5.41) is 32.6. The molecular weight excluding hydrogens is 362 g/mol. The number of aliphatic hydroxyl groups excluding tert-OH is 3. The lowest BCUT2D eigenvalue weighted by Crippen LogP contribution is -2.49. The van der Waals surface area contributed by atoms with E-state index in [9.17, 15) is 20.1 Å². The summed E-state index contributed by atoms with van der Waals surface area (Å²) in [6, 6.07) is 1.71. The first kappa shape index (κ1) is 18.5. The van der Waals surface area contributed by atoms with Crippen molar-refractivity contribution >= 4 is 5.82 Å². The Labute approximate surface area is 163 Å². The molecule has 2 heterocycles. The van der Waals surface area contributed by atoms with Gasteiger partial charge < -0.3 is 25.4 Å². The lowest BCUT2D eigenvalue weighted by Gasteiger charge is -2.57. The van der Waals surface area contributed by atoms with Crippen molar-refractivity contribution in [2.24, 2.45) is 23.2 Å². The number of nitrogens with one attached hydrogen (secondary N) is 1. The van der Waals surface area contributed by atoms with Crippen molar-refractivity contribution in [3.8, 4) is 0 Å². The zero-order chi connectivity index (χ0) is 19.5. The minimum absolute atomic E-state index is 0.342. The van der Waals surface area contributed by atoms with Crippen LogP contribution in [0.5, 0.6) is 0 Å². The molecule has 5 fully saturated rings. The monoisotopic (exact) mass is 391 g/mol. The Kier molecular flexibility index (Phi) is 4.50. The van der Waals surface area contributed by atoms with Gasteiger partial charge in [0.2, 0.25) is 0 Å². The van der Waals surface area contributed by atoms with Crippen molar-refractivity contribution in [3.63, 3.8) is 0 Å². The Hall–Kier alpha value is -1.48. The number of aromatic nitrogens is 2. The summed E-state index contributed by atoms with van der Waals surface area (Å²) in [5.74, 6) is 3.16. The maximum atomic E-state index is 12.5. The van der Waals surface area contributed by atoms with E-state index in [4.69, 9.17) is 4.74 Å². The van der Waals surface area contributed by atoms with Crippen LogP contribution in [0.4, 0.5) is 5.82 Å². The molecule has 0 aromatic carbocycles. The highest BCUT2D eigenvalue weighted by atomic mass is 16.6. The summed E-state index contributed by atoms with van der Waals surface area (Å²) in [7, 11) is 0. The molecule has 1 saturated heterocycles. The average molecular weight is 391 g/mol. The Bertz CT molecular complexity index is 761. The van der Waals surface area contributed by atoms with Gasteiger partial charge >= 0.3 is 5.69 Å². The maximum Gasteiger partial charge on any atom is 0.351 e. The summed E-state index contributed by atoms with van der Waals surface area (Å²) in [4.78, 5) is 16.6. The first-order valence-corrected chi connectivity index (χ1v) is 10.4. The Morgan fingerprint density at radius 1 is 1.14 bits per heavy atom. The Morgan fingerprint density at radius 2 is 1.79 bits per heavy atom. The van der Waals surface area contributed by atoms with E-state index in [0.29, 0.717) is 11.2 Å². The molecular formula is C20H29N3O5. The van der Waals surface area contributed by atoms with Gasteiger partial charge in [-0.2, -0.15) is 4.98 Å². The maximum absolute atomic E-state index is 12.5. The van der Waals surface area contributed by atoms with E-state index in [1.165, 1.54) is 49.3 Å². The fourth-order valence-corrected chi connectivity index (χ4v) is 6.60. The van der Waals surface area contributed by atoms with E-state index >= 15 is 0 Å². The van der Waals surface area contributed by atoms with Crippen molar-refractivity contribution in [3.05, 3.63) is 22.7 Å². The van der Waals surface area contributed by atoms with Gasteiger partial charge in [0, 0.05) is 12.7 Å². The normalized spacial score (nSPS) is 44.2. The molecule has 1 aromatic rings. The van der Waals surface area contributed by atoms with Gasteiger partial charge in [-0.05, 0) is 67.8 Å². The summed E-state index contributed by atoms with van der Waals surface area (Å²) in [6.07, 6.45) is 5.08. The lowest BCUT2D eigenvalue weighted by atomic mass is 9.49. The van der Waals surface area contributed by atoms with Gasteiger partial charge in [-0.3, -0.25) is 4.57 Å². The van der Waals surface area contributed by atoms with Crippen LogP contribution >= 0.6 is 0 Å². The minimum atomic E-state index is -1.29. The van der Waals surface area contributed by atoms with Gasteiger partial charge in [0.15, 0.2) is 6.23 Å². The van der Waals surface area contributed by atoms with Crippen LogP contribution in [-0.2, 0) is 4.74 Å². The van der Waals surface area contributed by atoms with Gasteiger partial charge in [-0.1, -0.05) is 0 Å². The number of anilines is 1. The molecule has 154 valence electrons. The molecule has 5 aliphatic rings. The van der Waals surface area contributed by atoms with Crippen LogP contribution in [-0.4, -0.2) is 56.3 Å². The third kappa shape index (κ3) is 3.07. The number of ether oxygens (including phenoxy) is 1. The molecule has 4 bridgehead atoms. The molecule has 4 saturated carbocycles. The molecule has 4 N–H and O–H groups in total. The van der Waals surface area contributed by atoms with Gasteiger partial charge in [-0.25, -0.2) is 4.79 Å². The van der Waals surface area contributed by atoms with Crippen LogP contribution in [0.25, 0.3) is 0 Å². The lowest BCUT2D eigenvalue weighted by molar-refractivity contribution is -0.0549. The summed E-state index contributed by atoms with van der Waals surface area (Å²) in [5.41, 5.74) is -0.209. The van der Waals surface area contributed by atoms with E-state index in [1.54, 1.807) is 6.07 Å². The van der Waals surface area contributed by atoms with Crippen molar-refractivity contribution in [2.45, 2.75) is 63.1 Å². The number of hydrogen-bond donors (Lipinski definition) is 4. The zero-order valence-electron chi connectivity index (χ0n) is 15.9. The fraction of sp³-hybridized carbons (Fsp3) is 0.800. The first-order chi connectivity index (χ1) is 13.5. The van der Waals surface area contributed by atoms with Crippen LogP contribution in [0.2, 0.25) is 0 Å². The molecule has 8 heteroatoms. The average Bonchev–Trinajstić information content (AvgIpc) is 2.94. The van der Waals surface area contributed by atoms with Crippen molar-refractivity contribution in [1.29, 1.82) is 0 Å². The van der Waals surface area contributed by atoms with E-state index < -0.39 is 36.8 Å². The van der Waals surface area contributed by atoms with Crippen molar-refractivity contribution in [1.82, 2.24) is 9.55 Å². The molecule has 28 heavy (non-hydrogen) atoms. The molecule has 4 aliphatic carbocycles. The number of nitrogens with zero attached hydrogens (tertiary/aromatic N) is 2. The molecule has 0 amide bonds. The highest BCUT2D eigenvalue weighted by molar-refractivity contribution is 5.32. The van der Waals surface area contributed by atoms with E-state index in [-0.39, 0.29) is 0 Å². The molecule has 0 unspecified atom stereocenters. The Balaban J connectivity index is 1.28. The van der Waals surface area contributed by atoms with E-state index in [2.05, 4.69) is 10.3 Å². The quantitative estimate of drug-likeness (QED) is 0.577. The highest BCUT2D eigenvalue weighted by Gasteiger charge is 2.50. The second-order valence-corrected chi connectivity index (χ2v) is 9.50. The second kappa shape index (κ2) is 6.79. The summed E-state index contributed by atoms with van der Waals surface area (Å²) >= 11 is 0. The van der Waals surface area contributed by atoms with Crippen LogP contribution < -0.4 is 11.0 Å². The molecule has 0 radical (unpaired) electrons. The number of aliphatic hydroxyl groups is 3. The summed E-state index contributed by atoms with van der Waals surface area (Å²) in [6.45, 7) is 0.419. The third-order valence-corrected chi connectivity index (χ3v) is 7.43. The van der Waals surface area contributed by atoms with Crippen LogP contribution in [0, 0.1) is 23.2 Å². The molecule has 4 atom stereocenters. The zero-order valence-corrected chi connectivity index (χ0v) is 15.9. The summed E-state index contributed by atoms with van der Waals surface area (Å²) < 4.78 is 6.59. The second-order valence-electron chi connectivity index (χ2n) is 9.50.